The van der Waals surface area contributed by atoms with Gasteiger partial charge >= 0.3 is 0 Å². The van der Waals surface area contributed by atoms with Crippen LogP contribution in [0.4, 0.5) is 0 Å². The van der Waals surface area contributed by atoms with Crippen LogP contribution >= 0.6 is 11.8 Å². The number of aromatic nitrogens is 3. The van der Waals surface area contributed by atoms with E-state index in [0.717, 1.165) is 11.0 Å². The molecule has 0 aliphatic rings. The van der Waals surface area contributed by atoms with Gasteiger partial charge in [-0.15, -0.1) is 10.2 Å². The lowest BCUT2D eigenvalue weighted by molar-refractivity contribution is 0.102. The van der Waals surface area contributed by atoms with E-state index in [1.165, 1.54) is 11.8 Å². The molecule has 0 saturated carbocycles. The van der Waals surface area contributed by atoms with Gasteiger partial charge in [0.2, 0.25) is 0 Å². The maximum atomic E-state index is 12.3. The Labute approximate surface area is 159 Å². The molecular weight excluding hydrogens is 360 g/mol. The van der Waals surface area contributed by atoms with Crippen LogP contribution in [0.15, 0.2) is 64.2 Å². The highest BCUT2D eigenvalue weighted by Crippen LogP contribution is 2.28. The molecule has 27 heavy (non-hydrogen) atoms. The minimum absolute atomic E-state index is 0.0298. The molecule has 2 aromatic carbocycles. The fourth-order valence-electron chi connectivity index (χ4n) is 2.69. The minimum Gasteiger partial charge on any atom is -0.453 e. The Hall–Kier alpha value is -3.37. The lowest BCUT2D eigenvalue weighted by Gasteiger charge is -2.02. The molecule has 2 aromatic heterocycles. The van der Waals surface area contributed by atoms with Crippen molar-refractivity contribution in [3.63, 3.8) is 0 Å². The molecule has 7 heteroatoms. The maximum absolute atomic E-state index is 12.3. The predicted octanol–water partition coefficient (Wildman–Crippen LogP) is 4.07. The molecule has 132 valence electrons. The fraction of sp³-hybridized carbons (Fsp3) is 0.100. The van der Waals surface area contributed by atoms with E-state index in [0.29, 0.717) is 27.9 Å². The number of para-hydroxylation sites is 1. The second kappa shape index (κ2) is 7.09. The number of carbonyl (C=O) groups excluding carboxylic acids is 1. The van der Waals surface area contributed by atoms with Crippen LogP contribution in [0, 0.1) is 11.3 Å². The zero-order valence-electron chi connectivity index (χ0n) is 14.4. The molecule has 0 aliphatic carbocycles. The average molecular weight is 374 g/mol. The zero-order valence-corrected chi connectivity index (χ0v) is 15.2. The van der Waals surface area contributed by atoms with Crippen molar-refractivity contribution >= 4 is 28.5 Å². The first-order chi connectivity index (χ1) is 13.2. The SMILES string of the molecule is Cn1c(SCC(=O)c2ccc(C#N)cc2)nnc1-c1cc2ccccc2o1. The van der Waals surface area contributed by atoms with Crippen molar-refractivity contribution in [3.05, 3.63) is 65.7 Å². The molecule has 0 radical (unpaired) electrons. The predicted molar refractivity (Wildman–Crippen MR) is 102 cm³/mol. The van der Waals surface area contributed by atoms with Gasteiger partial charge in [-0.1, -0.05) is 42.1 Å². The molecule has 0 unspecified atom stereocenters. The number of furan rings is 1. The number of nitrogens with zero attached hydrogens (tertiary/aromatic N) is 4. The molecule has 0 atom stereocenters. The van der Waals surface area contributed by atoms with E-state index in [-0.39, 0.29) is 11.5 Å². The van der Waals surface area contributed by atoms with Crippen LogP contribution in [0.1, 0.15) is 15.9 Å². The fourth-order valence-corrected chi connectivity index (χ4v) is 3.50. The summed E-state index contributed by atoms with van der Waals surface area (Å²) in [7, 11) is 1.84. The third kappa shape index (κ3) is 3.35. The highest BCUT2D eigenvalue weighted by Gasteiger charge is 2.16. The third-order valence-corrected chi connectivity index (χ3v) is 5.17. The molecule has 0 amide bonds. The van der Waals surface area contributed by atoms with E-state index in [1.807, 2.05) is 48.0 Å². The van der Waals surface area contributed by atoms with Gasteiger partial charge in [0.05, 0.1) is 17.4 Å². The van der Waals surface area contributed by atoms with Gasteiger partial charge in [0.25, 0.3) is 0 Å². The van der Waals surface area contributed by atoms with Crippen LogP contribution in [-0.2, 0) is 7.05 Å². The van der Waals surface area contributed by atoms with Crippen LogP contribution < -0.4 is 0 Å². The van der Waals surface area contributed by atoms with Gasteiger partial charge in [0.1, 0.15) is 5.58 Å². The molecule has 4 aromatic rings. The highest BCUT2D eigenvalue weighted by molar-refractivity contribution is 7.99. The second-order valence-corrected chi connectivity index (χ2v) is 6.86. The Morgan fingerprint density at radius 3 is 2.70 bits per heavy atom. The van der Waals surface area contributed by atoms with E-state index >= 15 is 0 Å². The molecule has 0 aliphatic heterocycles. The van der Waals surface area contributed by atoms with E-state index < -0.39 is 0 Å². The van der Waals surface area contributed by atoms with Crippen LogP contribution in [0.2, 0.25) is 0 Å². The summed E-state index contributed by atoms with van der Waals surface area (Å²) in [5.74, 6) is 1.45. The lowest BCUT2D eigenvalue weighted by Crippen LogP contribution is -2.04. The van der Waals surface area contributed by atoms with Crippen molar-refractivity contribution in [3.8, 4) is 17.7 Å². The number of ketones is 1. The topological polar surface area (TPSA) is 84.7 Å². The summed E-state index contributed by atoms with van der Waals surface area (Å²) < 4.78 is 7.65. The largest absolute Gasteiger partial charge is 0.453 e. The lowest BCUT2D eigenvalue weighted by atomic mass is 10.1. The molecule has 4 rings (SSSR count). The summed E-state index contributed by atoms with van der Waals surface area (Å²) in [5, 5.41) is 18.8. The molecule has 0 spiro atoms. The standard InChI is InChI=1S/C20H14N4O2S/c1-24-19(18-10-15-4-2-3-5-17(15)26-18)22-23-20(24)27-12-16(25)14-8-6-13(11-21)7-9-14/h2-10H,12H2,1H3. The van der Waals surface area contributed by atoms with E-state index in [4.69, 9.17) is 9.68 Å². The van der Waals surface area contributed by atoms with Crippen molar-refractivity contribution in [1.82, 2.24) is 14.8 Å². The van der Waals surface area contributed by atoms with Crippen molar-refractivity contribution in [2.45, 2.75) is 5.16 Å². The normalized spacial score (nSPS) is 10.8. The first-order valence-electron chi connectivity index (χ1n) is 8.20. The molecule has 0 fully saturated rings. The number of Topliss-reactive ketones (excluding diaryl/α,β-unsaturated/α-hetero) is 1. The maximum Gasteiger partial charge on any atom is 0.200 e. The van der Waals surface area contributed by atoms with Gasteiger partial charge in [-0.05, 0) is 24.3 Å². The monoisotopic (exact) mass is 374 g/mol. The van der Waals surface area contributed by atoms with Gasteiger partial charge in [0.15, 0.2) is 22.5 Å². The van der Waals surface area contributed by atoms with Gasteiger partial charge in [-0.25, -0.2) is 0 Å². The van der Waals surface area contributed by atoms with Gasteiger partial charge < -0.3 is 8.98 Å². The Morgan fingerprint density at radius 2 is 1.96 bits per heavy atom. The summed E-state index contributed by atoms with van der Waals surface area (Å²) in [6.07, 6.45) is 0. The first-order valence-corrected chi connectivity index (χ1v) is 9.19. The summed E-state index contributed by atoms with van der Waals surface area (Å²) >= 11 is 1.32. The first kappa shape index (κ1) is 17.1. The van der Waals surface area contributed by atoms with Gasteiger partial charge in [-0.2, -0.15) is 5.26 Å². The van der Waals surface area contributed by atoms with E-state index in [2.05, 4.69) is 10.2 Å². The molecule has 0 N–H and O–H groups in total. The van der Waals surface area contributed by atoms with Crippen LogP contribution in [0.3, 0.4) is 0 Å². The Balaban J connectivity index is 1.50. The summed E-state index contributed by atoms with van der Waals surface area (Å²) in [5.41, 5.74) is 1.89. The molecule has 0 bridgehead atoms. The van der Waals surface area contributed by atoms with E-state index in [9.17, 15) is 4.79 Å². The van der Waals surface area contributed by atoms with Crippen molar-refractivity contribution < 1.29 is 9.21 Å². The average Bonchev–Trinajstić information content (AvgIpc) is 3.29. The number of rotatable bonds is 5. The molecule has 6 nitrogen and oxygen atoms in total. The minimum atomic E-state index is -0.0298. The summed E-state index contributed by atoms with van der Waals surface area (Å²) in [4.78, 5) is 12.3. The van der Waals surface area contributed by atoms with Crippen molar-refractivity contribution in [2.75, 3.05) is 5.75 Å². The van der Waals surface area contributed by atoms with E-state index in [1.54, 1.807) is 24.3 Å². The Bertz CT molecular complexity index is 1140. The van der Waals surface area contributed by atoms with Gasteiger partial charge in [0, 0.05) is 18.0 Å². The van der Waals surface area contributed by atoms with Crippen LogP contribution in [-0.4, -0.2) is 26.3 Å². The number of thioether (sulfide) groups is 1. The Kier molecular flexibility index (Phi) is 4.48. The molecular formula is C20H14N4O2S. The number of hydrogen-bond acceptors (Lipinski definition) is 6. The third-order valence-electron chi connectivity index (χ3n) is 4.15. The molecule has 2 heterocycles. The number of hydrogen-bond donors (Lipinski definition) is 0. The van der Waals surface area contributed by atoms with Crippen LogP contribution in [0.25, 0.3) is 22.6 Å². The van der Waals surface area contributed by atoms with Crippen molar-refractivity contribution in [1.29, 1.82) is 5.26 Å². The number of carbonyl (C=O) groups is 1. The quantitative estimate of drug-likeness (QED) is 0.387. The number of benzene rings is 2. The van der Waals surface area contributed by atoms with Crippen molar-refractivity contribution in [2.24, 2.45) is 7.05 Å². The smallest absolute Gasteiger partial charge is 0.200 e. The number of nitriles is 1. The Morgan fingerprint density at radius 1 is 1.19 bits per heavy atom. The summed E-state index contributed by atoms with van der Waals surface area (Å²) in [6, 6.07) is 18.3. The number of fused-ring (bicyclic) bond motifs is 1. The van der Waals surface area contributed by atoms with Crippen LogP contribution in [0.5, 0.6) is 0 Å². The van der Waals surface area contributed by atoms with Gasteiger partial charge in [-0.3, -0.25) is 4.79 Å². The summed E-state index contributed by atoms with van der Waals surface area (Å²) in [6.45, 7) is 0. The highest BCUT2D eigenvalue weighted by atomic mass is 32.2. The zero-order chi connectivity index (χ0) is 18.8. The second-order valence-electron chi connectivity index (χ2n) is 5.91. The molecule has 0 saturated heterocycles.